The van der Waals surface area contributed by atoms with Gasteiger partial charge in [0.1, 0.15) is 5.76 Å². The van der Waals surface area contributed by atoms with Crippen LogP contribution in [0, 0.1) is 0 Å². The van der Waals surface area contributed by atoms with Crippen molar-refractivity contribution in [1.29, 1.82) is 0 Å². The van der Waals surface area contributed by atoms with E-state index in [1.165, 1.54) is 29.2 Å². The number of nitrogens with zero attached hydrogens (tertiary/aromatic N) is 3. The molecule has 2 amide bonds. The van der Waals surface area contributed by atoms with Gasteiger partial charge >= 0.3 is 6.03 Å². The Balaban J connectivity index is 1.80. The molecule has 1 aromatic carbocycles. The molecule has 1 fully saturated rings. The van der Waals surface area contributed by atoms with Crippen molar-refractivity contribution < 1.29 is 14.4 Å². The van der Waals surface area contributed by atoms with E-state index in [4.69, 9.17) is 28.2 Å². The van der Waals surface area contributed by atoms with Crippen molar-refractivity contribution >= 4 is 57.8 Å². The molecule has 0 bridgehead atoms. The van der Waals surface area contributed by atoms with Crippen LogP contribution in [0.4, 0.5) is 10.5 Å². The molecular weight excluding hydrogens is 408 g/mol. The summed E-state index contributed by atoms with van der Waals surface area (Å²) in [6.07, 6.45) is 2.19. The van der Waals surface area contributed by atoms with E-state index in [9.17, 15) is 10.0 Å². The molecule has 27 heavy (non-hydrogen) atoms. The van der Waals surface area contributed by atoms with Crippen molar-refractivity contribution in [3.05, 3.63) is 53.4 Å². The second-order valence-corrected chi connectivity index (χ2v) is 8.96. The number of hydrazone groups is 1. The van der Waals surface area contributed by atoms with Gasteiger partial charge in [0.15, 0.2) is 10.5 Å². The van der Waals surface area contributed by atoms with Gasteiger partial charge in [-0.05, 0) is 50.2 Å². The van der Waals surface area contributed by atoms with Crippen LogP contribution in [-0.2, 0) is 0 Å². The summed E-state index contributed by atoms with van der Waals surface area (Å²) in [5.74, 6) is 0.529. The van der Waals surface area contributed by atoms with Crippen molar-refractivity contribution in [3.8, 4) is 0 Å². The number of anilines is 1. The number of furan rings is 1. The Morgan fingerprint density at radius 3 is 2.78 bits per heavy atom. The van der Waals surface area contributed by atoms with Crippen LogP contribution in [0.5, 0.6) is 0 Å². The highest BCUT2D eigenvalue weighted by atomic mass is 35.5. The topological polar surface area (TPSA) is 81.3 Å². The first kappa shape index (κ1) is 19.7. The van der Waals surface area contributed by atoms with Crippen LogP contribution in [0.2, 0.25) is 5.02 Å². The zero-order chi connectivity index (χ0) is 19.6. The molecule has 3 rings (SSSR count). The van der Waals surface area contributed by atoms with Crippen molar-refractivity contribution in [1.82, 2.24) is 10.1 Å². The van der Waals surface area contributed by atoms with Crippen molar-refractivity contribution in [3.63, 3.8) is 0 Å². The summed E-state index contributed by atoms with van der Waals surface area (Å²) in [7, 11) is 0. The number of halogens is 1. The number of hydrogen-bond acceptors (Lipinski definition) is 6. The van der Waals surface area contributed by atoms with Gasteiger partial charge in [0.05, 0.1) is 17.2 Å². The first-order valence-electron chi connectivity index (χ1n) is 7.92. The smallest absolute Gasteiger partial charge is 0.347 e. The lowest BCUT2D eigenvalue weighted by Gasteiger charge is -2.34. The summed E-state index contributed by atoms with van der Waals surface area (Å²) in [6, 6.07) is 9.32. The number of rotatable bonds is 4. The van der Waals surface area contributed by atoms with Gasteiger partial charge in [0.25, 0.3) is 0 Å². The summed E-state index contributed by atoms with van der Waals surface area (Å²) in [5, 5.41) is 20.1. The van der Waals surface area contributed by atoms with E-state index in [-0.39, 0.29) is 0 Å². The van der Waals surface area contributed by atoms with Gasteiger partial charge < -0.3 is 9.73 Å². The number of hydroxylamine groups is 2. The molecule has 1 atom stereocenters. The number of nitrogens with one attached hydrogen (secondary N) is 1. The van der Waals surface area contributed by atoms with Crippen LogP contribution in [0.1, 0.15) is 19.6 Å². The molecule has 1 aliphatic rings. The number of carbonyl (C=O) groups is 1. The van der Waals surface area contributed by atoms with Crippen LogP contribution in [-0.4, -0.2) is 42.8 Å². The maximum Gasteiger partial charge on any atom is 0.347 e. The highest BCUT2D eigenvalue weighted by Crippen LogP contribution is 2.42. The zero-order valence-corrected chi connectivity index (χ0v) is 16.9. The van der Waals surface area contributed by atoms with E-state index in [2.05, 4.69) is 10.4 Å². The lowest BCUT2D eigenvalue weighted by Crippen LogP contribution is -2.54. The average Bonchev–Trinajstić information content (AvgIpc) is 3.19. The molecule has 10 heteroatoms. The molecule has 1 aromatic heterocycles. The maximum atomic E-state index is 12.5. The van der Waals surface area contributed by atoms with Gasteiger partial charge in [0, 0.05) is 10.7 Å². The third-order valence-electron chi connectivity index (χ3n) is 3.78. The number of thiocarbonyl (C=S) groups is 1. The van der Waals surface area contributed by atoms with Crippen molar-refractivity contribution in [2.45, 2.75) is 24.8 Å². The molecule has 0 spiro atoms. The highest BCUT2D eigenvalue weighted by Gasteiger charge is 2.50. The zero-order valence-electron chi connectivity index (χ0n) is 14.5. The first-order valence-corrected chi connectivity index (χ1v) is 9.52. The van der Waals surface area contributed by atoms with Gasteiger partial charge in [-0.15, -0.1) is 0 Å². The van der Waals surface area contributed by atoms with Crippen molar-refractivity contribution in [2.24, 2.45) is 5.10 Å². The van der Waals surface area contributed by atoms with Crippen LogP contribution in [0.15, 0.2) is 52.2 Å². The molecule has 2 N–H and O–H groups in total. The second-order valence-electron chi connectivity index (χ2n) is 6.23. The van der Waals surface area contributed by atoms with Crippen molar-refractivity contribution in [2.75, 3.05) is 5.32 Å². The lowest BCUT2D eigenvalue weighted by atomic mass is 10.1. The SMILES string of the molecule is CC1(C)SC(=S)N(/N=C\c2ccco2)[C@@H]1N(O)C(=O)Nc1ccc(Cl)cc1. The van der Waals surface area contributed by atoms with Gasteiger partial charge in [-0.1, -0.05) is 35.6 Å². The van der Waals surface area contributed by atoms with Crippen LogP contribution in [0.3, 0.4) is 0 Å². The van der Waals surface area contributed by atoms with Crippen LogP contribution in [0.25, 0.3) is 0 Å². The molecule has 142 valence electrons. The Morgan fingerprint density at radius 1 is 1.44 bits per heavy atom. The van der Waals surface area contributed by atoms with Gasteiger partial charge in [0.2, 0.25) is 0 Å². The molecule has 2 aromatic rings. The summed E-state index contributed by atoms with van der Waals surface area (Å²) in [4.78, 5) is 12.5. The van der Waals surface area contributed by atoms with E-state index in [0.717, 1.165) is 0 Å². The number of thioether (sulfide) groups is 1. The molecule has 7 nitrogen and oxygen atoms in total. The monoisotopic (exact) mass is 424 g/mol. The number of benzene rings is 1. The normalized spacial score (nSPS) is 18.9. The minimum Gasteiger partial charge on any atom is -0.463 e. The summed E-state index contributed by atoms with van der Waals surface area (Å²) < 4.78 is 5.06. The molecule has 1 saturated heterocycles. The number of urea groups is 1. The first-order chi connectivity index (χ1) is 12.8. The fraction of sp³-hybridized carbons (Fsp3) is 0.235. The van der Waals surface area contributed by atoms with E-state index < -0.39 is 16.9 Å². The predicted octanol–water partition coefficient (Wildman–Crippen LogP) is 4.63. The number of hydrogen-bond donors (Lipinski definition) is 2. The summed E-state index contributed by atoms with van der Waals surface area (Å²) in [5.41, 5.74) is 0.500. The third-order valence-corrected chi connectivity index (χ3v) is 5.57. The fourth-order valence-corrected chi connectivity index (χ4v) is 4.45. The van der Waals surface area contributed by atoms with E-state index in [1.54, 1.807) is 36.4 Å². The average molecular weight is 425 g/mol. The summed E-state index contributed by atoms with van der Waals surface area (Å²) >= 11 is 12.6. The standard InChI is InChI=1S/C17H17ClN4O3S2/c1-17(2)14(21(16(26)27-17)19-10-13-4-3-9-25-13)22(24)15(23)20-12-7-5-11(18)6-8-12/h3-10,14,24H,1-2H3,(H,20,23)/b19-10-/t14-/m1/s1. The highest BCUT2D eigenvalue weighted by molar-refractivity contribution is 8.24. The molecule has 0 aliphatic carbocycles. The lowest BCUT2D eigenvalue weighted by molar-refractivity contribution is -0.114. The largest absolute Gasteiger partial charge is 0.463 e. The van der Waals surface area contributed by atoms with Gasteiger partial charge in [-0.2, -0.15) is 10.2 Å². The molecule has 0 saturated carbocycles. The Labute approximate surface area is 170 Å². The van der Waals surface area contributed by atoms with Crippen LogP contribution >= 0.6 is 35.6 Å². The minimum absolute atomic E-state index is 0.436. The van der Waals surface area contributed by atoms with Gasteiger partial charge in [-0.25, -0.2) is 9.80 Å². The Bertz CT molecular complexity index is 856. The molecule has 0 radical (unpaired) electrons. The van der Waals surface area contributed by atoms with Crippen LogP contribution < -0.4 is 5.32 Å². The number of amides is 2. The molecule has 2 heterocycles. The quantitative estimate of drug-likeness (QED) is 0.322. The Morgan fingerprint density at radius 2 is 2.15 bits per heavy atom. The Kier molecular flexibility index (Phi) is 5.75. The molecule has 0 unspecified atom stereocenters. The van der Waals surface area contributed by atoms with E-state index >= 15 is 0 Å². The summed E-state index contributed by atoms with van der Waals surface area (Å²) in [6.45, 7) is 3.74. The Hall–Kier alpha value is -2.07. The second kappa shape index (κ2) is 7.89. The number of carbonyl (C=O) groups excluding carboxylic acids is 1. The van der Waals surface area contributed by atoms with E-state index in [1.807, 2.05) is 13.8 Å². The fourth-order valence-electron chi connectivity index (χ4n) is 2.54. The molecular formula is C17H17ClN4O3S2. The van der Waals surface area contributed by atoms with Gasteiger partial charge in [-0.3, -0.25) is 5.21 Å². The van der Waals surface area contributed by atoms with E-state index in [0.29, 0.717) is 25.9 Å². The maximum absolute atomic E-state index is 12.5. The predicted molar refractivity (Wildman–Crippen MR) is 110 cm³/mol. The third kappa shape index (κ3) is 4.44. The minimum atomic E-state index is -0.812. The molecule has 1 aliphatic heterocycles.